The summed E-state index contributed by atoms with van der Waals surface area (Å²) in [5, 5.41) is 2.26. The van der Waals surface area contributed by atoms with Crippen molar-refractivity contribution in [3.05, 3.63) is 34.1 Å². The summed E-state index contributed by atoms with van der Waals surface area (Å²) in [4.78, 5) is 10.9. The minimum absolute atomic E-state index is 0.0477. The summed E-state index contributed by atoms with van der Waals surface area (Å²) in [7, 11) is 0. The van der Waals surface area contributed by atoms with E-state index in [0.717, 1.165) is 12.1 Å². The van der Waals surface area contributed by atoms with E-state index in [2.05, 4.69) is 20.3 Å². The van der Waals surface area contributed by atoms with Gasteiger partial charge in [0.2, 0.25) is 17.2 Å². The van der Waals surface area contributed by atoms with Crippen molar-refractivity contribution >= 4 is 40.8 Å². The van der Waals surface area contributed by atoms with Gasteiger partial charge in [-0.2, -0.15) is 28.1 Å². The third kappa shape index (κ3) is 3.61. The van der Waals surface area contributed by atoms with Crippen molar-refractivity contribution in [2.45, 2.75) is 6.18 Å². The number of halogens is 5. The number of nitrogens with one attached hydrogen (secondary N) is 1. The van der Waals surface area contributed by atoms with Crippen LogP contribution in [0.3, 0.4) is 0 Å². The minimum Gasteiger partial charge on any atom is -0.368 e. The highest BCUT2D eigenvalue weighted by atomic mass is 35.5. The molecule has 0 radical (unpaired) electrons. The molecule has 0 saturated heterocycles. The number of nitrogens with two attached hydrogens (primary N) is 1. The van der Waals surface area contributed by atoms with Crippen LogP contribution in [-0.2, 0) is 6.18 Å². The summed E-state index contributed by atoms with van der Waals surface area (Å²) in [6, 6.07) is 2.95. The summed E-state index contributed by atoms with van der Waals surface area (Å²) in [5.74, 6) is -0.247. The Bertz CT molecular complexity index is 627. The van der Waals surface area contributed by atoms with Gasteiger partial charge in [0, 0.05) is 10.7 Å². The Hall–Kier alpha value is -1.80. The number of nitrogen functional groups attached to an aromatic ring is 1. The Morgan fingerprint density at radius 1 is 1.05 bits per heavy atom. The molecular weight excluding hydrogens is 318 g/mol. The Balaban J connectivity index is 2.36. The van der Waals surface area contributed by atoms with E-state index in [-0.39, 0.29) is 27.9 Å². The van der Waals surface area contributed by atoms with Gasteiger partial charge in [0.1, 0.15) is 0 Å². The zero-order valence-electron chi connectivity index (χ0n) is 9.54. The van der Waals surface area contributed by atoms with Crippen LogP contribution in [0.5, 0.6) is 0 Å². The molecule has 0 aliphatic heterocycles. The van der Waals surface area contributed by atoms with Crippen LogP contribution in [0.4, 0.5) is 30.8 Å². The van der Waals surface area contributed by atoms with Gasteiger partial charge in [-0.1, -0.05) is 11.6 Å². The van der Waals surface area contributed by atoms with Gasteiger partial charge in [-0.05, 0) is 29.8 Å². The average molecular weight is 324 g/mol. The second-order valence-electron chi connectivity index (χ2n) is 3.64. The number of alkyl halides is 3. The Kier molecular flexibility index (Phi) is 3.87. The summed E-state index contributed by atoms with van der Waals surface area (Å²) < 4.78 is 37.9. The molecule has 0 aliphatic carbocycles. The lowest BCUT2D eigenvalue weighted by Crippen LogP contribution is -2.07. The monoisotopic (exact) mass is 323 g/mol. The fraction of sp³-hybridized carbons (Fsp3) is 0.100. The zero-order valence-corrected chi connectivity index (χ0v) is 11.1. The Morgan fingerprint density at radius 2 is 1.75 bits per heavy atom. The highest BCUT2D eigenvalue weighted by Gasteiger charge is 2.31. The fourth-order valence-electron chi connectivity index (χ4n) is 1.38. The maximum atomic E-state index is 12.6. The van der Waals surface area contributed by atoms with Gasteiger partial charge in [-0.3, -0.25) is 0 Å². The molecule has 0 saturated carbocycles. The first-order valence-corrected chi connectivity index (χ1v) is 5.81. The average Bonchev–Trinajstić information content (AvgIpc) is 2.25. The van der Waals surface area contributed by atoms with Crippen LogP contribution in [0.25, 0.3) is 0 Å². The number of rotatable bonds is 2. The number of nitrogens with zero attached hydrogens (tertiary/aromatic N) is 3. The van der Waals surface area contributed by atoms with Crippen LogP contribution in [-0.4, -0.2) is 15.0 Å². The molecule has 20 heavy (non-hydrogen) atoms. The summed E-state index contributed by atoms with van der Waals surface area (Å²) in [5.41, 5.74) is 4.49. The molecule has 0 fully saturated rings. The van der Waals surface area contributed by atoms with Gasteiger partial charge in [-0.25, -0.2) is 0 Å². The first-order valence-electron chi connectivity index (χ1n) is 5.06. The number of benzene rings is 1. The normalized spacial score (nSPS) is 11.4. The van der Waals surface area contributed by atoms with Crippen molar-refractivity contribution in [3.63, 3.8) is 0 Å². The number of hydrogen-bond acceptors (Lipinski definition) is 5. The third-order valence-electron chi connectivity index (χ3n) is 2.11. The van der Waals surface area contributed by atoms with Gasteiger partial charge in [0.15, 0.2) is 0 Å². The van der Waals surface area contributed by atoms with E-state index in [1.165, 1.54) is 6.07 Å². The predicted octanol–water partition coefficient (Wildman–Crippen LogP) is 3.52. The fourth-order valence-corrected chi connectivity index (χ4v) is 1.78. The molecule has 1 aromatic heterocycles. The van der Waals surface area contributed by atoms with E-state index in [4.69, 9.17) is 28.9 Å². The molecule has 0 amide bonds. The minimum atomic E-state index is -4.52. The van der Waals surface area contributed by atoms with Gasteiger partial charge in [0.25, 0.3) is 0 Å². The molecule has 0 atom stereocenters. The lowest BCUT2D eigenvalue weighted by atomic mass is 10.2. The molecule has 0 unspecified atom stereocenters. The summed E-state index contributed by atoms with van der Waals surface area (Å²) in [6.07, 6.45) is -4.52. The summed E-state index contributed by atoms with van der Waals surface area (Å²) >= 11 is 11.2. The molecule has 106 valence electrons. The lowest BCUT2D eigenvalue weighted by Gasteiger charge is -2.11. The molecule has 10 heteroatoms. The second-order valence-corrected chi connectivity index (χ2v) is 4.41. The smallest absolute Gasteiger partial charge is 0.368 e. The van der Waals surface area contributed by atoms with Gasteiger partial charge >= 0.3 is 6.18 Å². The maximum Gasteiger partial charge on any atom is 0.416 e. The largest absolute Gasteiger partial charge is 0.416 e. The number of hydrogen-bond donors (Lipinski definition) is 2. The number of anilines is 3. The zero-order chi connectivity index (χ0) is 14.9. The Labute approximate surface area is 121 Å². The Morgan fingerprint density at radius 3 is 2.35 bits per heavy atom. The molecule has 1 heterocycles. The highest BCUT2D eigenvalue weighted by Crippen LogP contribution is 2.33. The lowest BCUT2D eigenvalue weighted by molar-refractivity contribution is -0.137. The van der Waals surface area contributed by atoms with Crippen molar-refractivity contribution in [3.8, 4) is 0 Å². The van der Waals surface area contributed by atoms with Crippen LogP contribution < -0.4 is 11.1 Å². The SMILES string of the molecule is Nc1nc(Cl)nc(Nc2cc(Cl)cc(C(F)(F)F)c2)n1. The van der Waals surface area contributed by atoms with Gasteiger partial charge in [0.05, 0.1) is 5.56 Å². The third-order valence-corrected chi connectivity index (χ3v) is 2.49. The maximum absolute atomic E-state index is 12.6. The van der Waals surface area contributed by atoms with Crippen LogP contribution in [0.1, 0.15) is 5.56 Å². The topological polar surface area (TPSA) is 76.7 Å². The molecular formula is C10H6Cl2F3N5. The van der Waals surface area contributed by atoms with Crippen molar-refractivity contribution in [2.75, 3.05) is 11.1 Å². The summed E-state index contributed by atoms with van der Waals surface area (Å²) in [6.45, 7) is 0. The van der Waals surface area contributed by atoms with Crippen molar-refractivity contribution in [1.82, 2.24) is 15.0 Å². The van der Waals surface area contributed by atoms with E-state index in [9.17, 15) is 13.2 Å². The quantitative estimate of drug-likeness (QED) is 0.884. The van der Waals surface area contributed by atoms with Crippen LogP contribution in [0, 0.1) is 0 Å². The molecule has 3 N–H and O–H groups in total. The second kappa shape index (κ2) is 5.29. The van der Waals surface area contributed by atoms with E-state index >= 15 is 0 Å². The first kappa shape index (κ1) is 14.6. The van der Waals surface area contributed by atoms with Crippen LogP contribution in [0.2, 0.25) is 10.3 Å². The van der Waals surface area contributed by atoms with Crippen LogP contribution >= 0.6 is 23.2 Å². The van der Waals surface area contributed by atoms with Crippen LogP contribution in [0.15, 0.2) is 18.2 Å². The van der Waals surface area contributed by atoms with Crippen molar-refractivity contribution in [2.24, 2.45) is 0 Å². The van der Waals surface area contributed by atoms with E-state index in [1.807, 2.05) is 0 Å². The van der Waals surface area contributed by atoms with Gasteiger partial charge in [-0.15, -0.1) is 0 Å². The van der Waals surface area contributed by atoms with Crippen molar-refractivity contribution < 1.29 is 13.2 Å². The standard InChI is InChI=1S/C10H6Cl2F3N5/c11-5-1-4(10(13,14)15)2-6(3-5)17-9-19-7(12)18-8(16)20-9/h1-3H,(H3,16,17,18,19,20). The predicted molar refractivity (Wildman–Crippen MR) is 69.0 cm³/mol. The molecule has 5 nitrogen and oxygen atoms in total. The van der Waals surface area contributed by atoms with E-state index < -0.39 is 11.7 Å². The molecule has 2 rings (SSSR count). The molecule has 0 bridgehead atoms. The van der Waals surface area contributed by atoms with Gasteiger partial charge < -0.3 is 11.1 Å². The molecule has 0 spiro atoms. The number of aromatic nitrogens is 3. The van der Waals surface area contributed by atoms with E-state index in [0.29, 0.717) is 0 Å². The first-order chi connectivity index (χ1) is 9.24. The van der Waals surface area contributed by atoms with E-state index in [1.54, 1.807) is 0 Å². The molecule has 2 aromatic rings. The molecule has 0 aliphatic rings. The highest BCUT2D eigenvalue weighted by molar-refractivity contribution is 6.31. The van der Waals surface area contributed by atoms with Crippen molar-refractivity contribution in [1.29, 1.82) is 0 Å². The molecule has 1 aromatic carbocycles.